The third-order valence-electron chi connectivity index (χ3n) is 6.33. The molecule has 0 aliphatic carbocycles. The lowest BCUT2D eigenvalue weighted by Crippen LogP contribution is -2.54. The first-order chi connectivity index (χ1) is 18.2. The number of carbonyl (C=O) groups excluding carboxylic acids is 4. The zero-order valence-corrected chi connectivity index (χ0v) is 20.3. The summed E-state index contributed by atoms with van der Waals surface area (Å²) in [5, 5.41) is 18.0. The highest BCUT2D eigenvalue weighted by molar-refractivity contribution is 6.23. The number of benzene rings is 1. The van der Waals surface area contributed by atoms with Gasteiger partial charge in [-0.1, -0.05) is 0 Å². The topological polar surface area (TPSA) is 165 Å². The highest BCUT2D eigenvalue weighted by Crippen LogP contribution is 2.33. The van der Waals surface area contributed by atoms with E-state index in [4.69, 9.17) is 15.0 Å². The molecule has 0 spiro atoms. The van der Waals surface area contributed by atoms with Gasteiger partial charge in [-0.2, -0.15) is 13.2 Å². The normalized spacial score (nSPS) is 19.8. The first kappa shape index (κ1) is 29.5. The van der Waals surface area contributed by atoms with Gasteiger partial charge in [-0.05, 0) is 31.5 Å². The fourth-order valence-corrected chi connectivity index (χ4v) is 4.39. The number of aliphatic carboxylic acids is 2. The maximum atomic E-state index is 14.9. The van der Waals surface area contributed by atoms with Crippen molar-refractivity contribution < 1.29 is 56.5 Å². The van der Waals surface area contributed by atoms with Gasteiger partial charge in [0.05, 0.1) is 16.8 Å². The molecule has 2 fully saturated rings. The fraction of sp³-hybridized carbons (Fsp3) is 0.478. The summed E-state index contributed by atoms with van der Waals surface area (Å²) in [5.41, 5.74) is 0.161. The van der Waals surface area contributed by atoms with Gasteiger partial charge in [0.15, 0.2) is 0 Å². The summed E-state index contributed by atoms with van der Waals surface area (Å²) in [6.07, 6.45) is -4.40. The Balaban J connectivity index is 0.000000532. The molecule has 3 aliphatic rings. The van der Waals surface area contributed by atoms with E-state index in [1.807, 2.05) is 0 Å². The minimum atomic E-state index is -5.08. The number of anilines is 1. The number of carboxylic acid groups (broad SMARTS) is 2. The number of rotatable bonds is 6. The van der Waals surface area contributed by atoms with Crippen LogP contribution in [0, 0.1) is 5.82 Å². The summed E-state index contributed by atoms with van der Waals surface area (Å²) in [5.74, 6) is -6.81. The van der Waals surface area contributed by atoms with Crippen LogP contribution in [0.5, 0.6) is 0 Å². The monoisotopic (exact) mass is 560 g/mol. The van der Waals surface area contributed by atoms with Crippen LogP contribution in [0.4, 0.5) is 23.2 Å². The molecule has 0 saturated carbocycles. The molecule has 16 heteroatoms. The molecule has 4 amide bonds. The van der Waals surface area contributed by atoms with Crippen molar-refractivity contribution in [2.75, 3.05) is 37.6 Å². The molecule has 1 aromatic carbocycles. The number of hydrogen-bond acceptors (Lipinski definition) is 8. The van der Waals surface area contributed by atoms with Crippen molar-refractivity contribution in [3.8, 4) is 0 Å². The van der Waals surface area contributed by atoms with Gasteiger partial charge in [0.2, 0.25) is 11.8 Å². The minimum absolute atomic E-state index is 0.0141. The molecule has 0 bridgehead atoms. The van der Waals surface area contributed by atoms with E-state index in [-0.39, 0.29) is 36.1 Å². The quantitative estimate of drug-likeness (QED) is 0.336. The van der Waals surface area contributed by atoms with E-state index in [9.17, 15) is 41.5 Å². The number of piperazine rings is 1. The molecule has 1 unspecified atom stereocenters. The van der Waals surface area contributed by atoms with Crippen LogP contribution >= 0.6 is 0 Å². The van der Waals surface area contributed by atoms with Gasteiger partial charge in [0.25, 0.3) is 11.8 Å². The van der Waals surface area contributed by atoms with E-state index in [2.05, 4.69) is 10.2 Å². The predicted molar refractivity (Wildman–Crippen MR) is 122 cm³/mol. The van der Waals surface area contributed by atoms with Crippen LogP contribution < -0.4 is 10.2 Å². The van der Waals surface area contributed by atoms with Crippen molar-refractivity contribution in [1.29, 1.82) is 0 Å². The highest BCUT2D eigenvalue weighted by atomic mass is 19.4. The maximum absolute atomic E-state index is 14.9. The number of fused-ring (bicyclic) bond motifs is 1. The van der Waals surface area contributed by atoms with Crippen LogP contribution in [0.1, 0.15) is 46.4 Å². The van der Waals surface area contributed by atoms with Crippen molar-refractivity contribution in [3.05, 3.63) is 29.1 Å². The summed E-state index contributed by atoms with van der Waals surface area (Å²) in [7, 11) is 0. The lowest BCUT2D eigenvalue weighted by atomic mass is 10.0. The molecule has 39 heavy (non-hydrogen) atoms. The smallest absolute Gasteiger partial charge is 0.481 e. The Bertz CT molecular complexity index is 1200. The second-order valence-electron chi connectivity index (χ2n) is 8.93. The fourth-order valence-electron chi connectivity index (χ4n) is 4.39. The van der Waals surface area contributed by atoms with Crippen LogP contribution in [-0.2, 0) is 19.2 Å². The molecule has 0 radical (unpaired) electrons. The average Bonchev–Trinajstić information content (AvgIpc) is 3.08. The van der Waals surface area contributed by atoms with Gasteiger partial charge >= 0.3 is 18.1 Å². The maximum Gasteiger partial charge on any atom is 0.490 e. The molecule has 4 rings (SSSR count). The molecule has 12 nitrogen and oxygen atoms in total. The minimum Gasteiger partial charge on any atom is -0.481 e. The molecule has 2 saturated heterocycles. The number of imide groups is 2. The lowest BCUT2D eigenvalue weighted by Gasteiger charge is -2.36. The van der Waals surface area contributed by atoms with Crippen molar-refractivity contribution in [2.45, 2.75) is 37.9 Å². The number of piperidine rings is 1. The number of nitrogens with one attached hydrogen (secondary N) is 1. The van der Waals surface area contributed by atoms with E-state index >= 15 is 0 Å². The molecular formula is C23H24F4N4O8. The average molecular weight is 560 g/mol. The predicted octanol–water partition coefficient (Wildman–Crippen LogP) is 0.847. The van der Waals surface area contributed by atoms with E-state index in [1.165, 1.54) is 6.07 Å². The molecule has 1 aromatic rings. The van der Waals surface area contributed by atoms with Crippen LogP contribution in [0.2, 0.25) is 0 Å². The number of carbonyl (C=O) groups is 6. The summed E-state index contributed by atoms with van der Waals surface area (Å²) in [6, 6.07) is 1.30. The van der Waals surface area contributed by atoms with Gasteiger partial charge in [-0.25, -0.2) is 9.18 Å². The van der Waals surface area contributed by atoms with Crippen molar-refractivity contribution in [3.63, 3.8) is 0 Å². The van der Waals surface area contributed by atoms with Crippen LogP contribution in [0.3, 0.4) is 0 Å². The second kappa shape index (κ2) is 11.8. The zero-order valence-electron chi connectivity index (χ0n) is 20.3. The molecule has 3 aliphatic heterocycles. The summed E-state index contributed by atoms with van der Waals surface area (Å²) in [6.45, 7) is 2.85. The van der Waals surface area contributed by atoms with Crippen LogP contribution in [-0.4, -0.2) is 101 Å². The van der Waals surface area contributed by atoms with E-state index in [1.54, 1.807) is 4.90 Å². The summed E-state index contributed by atoms with van der Waals surface area (Å²) < 4.78 is 46.6. The van der Waals surface area contributed by atoms with Crippen molar-refractivity contribution >= 4 is 41.3 Å². The van der Waals surface area contributed by atoms with Gasteiger partial charge in [-0.3, -0.25) is 39.1 Å². The number of alkyl halides is 3. The van der Waals surface area contributed by atoms with Crippen LogP contribution in [0.25, 0.3) is 0 Å². The Kier molecular flexibility index (Phi) is 8.88. The van der Waals surface area contributed by atoms with Gasteiger partial charge < -0.3 is 15.1 Å². The van der Waals surface area contributed by atoms with E-state index in [0.29, 0.717) is 39.1 Å². The third kappa shape index (κ3) is 6.87. The third-order valence-corrected chi connectivity index (χ3v) is 6.33. The zero-order chi connectivity index (χ0) is 29.1. The van der Waals surface area contributed by atoms with E-state index < -0.39 is 53.6 Å². The number of halogens is 4. The Morgan fingerprint density at radius 2 is 1.54 bits per heavy atom. The first-order valence-electron chi connectivity index (χ1n) is 11.7. The van der Waals surface area contributed by atoms with Gasteiger partial charge in [0, 0.05) is 39.0 Å². The number of amides is 4. The molecule has 0 aromatic heterocycles. The van der Waals surface area contributed by atoms with Crippen LogP contribution in [0.15, 0.2) is 12.1 Å². The lowest BCUT2D eigenvalue weighted by molar-refractivity contribution is -0.192. The largest absolute Gasteiger partial charge is 0.490 e. The Hall–Kier alpha value is -4.08. The summed E-state index contributed by atoms with van der Waals surface area (Å²) >= 11 is 0. The Morgan fingerprint density at radius 1 is 0.974 bits per heavy atom. The number of nitrogens with zero attached hydrogens (tertiary/aromatic N) is 3. The summed E-state index contributed by atoms with van der Waals surface area (Å²) in [4.78, 5) is 73.5. The molecule has 212 valence electrons. The molecule has 3 N–H and O–H groups in total. The first-order valence-corrected chi connectivity index (χ1v) is 11.7. The standard InChI is InChI=1S/C21H23FN4O6.C2HF3O2/c22-14-10-12-13(21(32)26(20(12)31)15-3-4-17(27)23-19(15)30)11-16(14)25-8-6-24(7-9-25)5-1-2-18(28)29;3-2(4,5)1(6)7/h10-11,15H,1-9H2,(H,28,29)(H,23,27,30);(H,6,7). The Morgan fingerprint density at radius 3 is 2.05 bits per heavy atom. The second-order valence-corrected chi connectivity index (χ2v) is 8.93. The van der Waals surface area contributed by atoms with Crippen molar-refractivity contribution in [1.82, 2.24) is 15.1 Å². The van der Waals surface area contributed by atoms with Gasteiger partial charge in [-0.15, -0.1) is 0 Å². The highest BCUT2D eigenvalue weighted by Gasteiger charge is 2.45. The Labute approximate surface area is 218 Å². The SMILES string of the molecule is O=C(O)C(F)(F)F.O=C(O)CCCN1CCN(c2cc3c(cc2F)C(=O)N(C2CCC(=O)NC2=O)C3=O)CC1. The van der Waals surface area contributed by atoms with Crippen molar-refractivity contribution in [2.24, 2.45) is 0 Å². The van der Waals surface area contributed by atoms with Gasteiger partial charge in [0.1, 0.15) is 11.9 Å². The van der Waals surface area contributed by atoms with E-state index in [0.717, 1.165) is 11.0 Å². The molecule has 3 heterocycles. The molecular weight excluding hydrogens is 536 g/mol. The number of carboxylic acids is 2. The molecule has 1 atom stereocenters. The number of hydrogen-bond donors (Lipinski definition) is 3.